The van der Waals surface area contributed by atoms with Crippen molar-refractivity contribution >= 4 is 28.6 Å². The molecule has 0 unspecified atom stereocenters. The van der Waals surface area contributed by atoms with E-state index in [1.807, 2.05) is 25.1 Å². The molecule has 2 heterocycles. The fraction of sp³-hybridized carbons (Fsp3) is 0.389. The van der Waals surface area contributed by atoms with Crippen molar-refractivity contribution in [3.8, 4) is 0 Å². The van der Waals surface area contributed by atoms with Crippen LogP contribution < -0.4 is 15.8 Å². The van der Waals surface area contributed by atoms with Gasteiger partial charge in [0.2, 0.25) is 5.91 Å². The maximum atomic E-state index is 12.4. The molecule has 0 radical (unpaired) electrons. The zero-order valence-electron chi connectivity index (χ0n) is 14.6. The number of hydrogen-bond donors (Lipinski definition) is 1. The lowest BCUT2D eigenvalue weighted by Gasteiger charge is -2.21. The van der Waals surface area contributed by atoms with Crippen LogP contribution in [0.4, 0.5) is 10.5 Å². The van der Waals surface area contributed by atoms with Gasteiger partial charge in [0.1, 0.15) is 5.58 Å². The predicted molar refractivity (Wildman–Crippen MR) is 94.7 cm³/mol. The summed E-state index contributed by atoms with van der Waals surface area (Å²) in [6.45, 7) is 7.54. The van der Waals surface area contributed by atoms with Crippen molar-refractivity contribution in [2.45, 2.75) is 27.3 Å². The van der Waals surface area contributed by atoms with E-state index in [0.29, 0.717) is 11.1 Å². The third-order valence-corrected chi connectivity index (χ3v) is 4.65. The summed E-state index contributed by atoms with van der Waals surface area (Å²) in [4.78, 5) is 39.1. The van der Waals surface area contributed by atoms with Gasteiger partial charge in [-0.05, 0) is 38.5 Å². The average molecular weight is 343 g/mol. The highest BCUT2D eigenvalue weighted by molar-refractivity contribution is 6.02. The zero-order valence-corrected chi connectivity index (χ0v) is 14.6. The summed E-state index contributed by atoms with van der Waals surface area (Å²) in [5, 5.41) is 3.25. The average Bonchev–Trinajstić information content (AvgIpc) is 2.91. The van der Waals surface area contributed by atoms with Crippen LogP contribution in [-0.2, 0) is 11.3 Å². The van der Waals surface area contributed by atoms with E-state index in [4.69, 9.17) is 4.42 Å². The minimum atomic E-state index is -0.519. The smallest absolute Gasteiger partial charge is 0.341 e. The molecule has 0 bridgehead atoms. The van der Waals surface area contributed by atoms with Crippen LogP contribution in [-0.4, -0.2) is 36.5 Å². The predicted octanol–water partition coefficient (Wildman–Crippen LogP) is 2.00. The van der Waals surface area contributed by atoms with Crippen LogP contribution in [0, 0.1) is 6.92 Å². The van der Waals surface area contributed by atoms with Gasteiger partial charge in [-0.3, -0.25) is 9.69 Å². The first-order valence-electron chi connectivity index (χ1n) is 8.35. The first-order chi connectivity index (χ1) is 12.0. The van der Waals surface area contributed by atoms with E-state index in [9.17, 15) is 14.4 Å². The van der Waals surface area contributed by atoms with Crippen LogP contribution in [0.3, 0.4) is 0 Å². The number of aryl methyl sites for hydroxylation is 1. The number of urea groups is 1. The Kier molecular flexibility index (Phi) is 4.48. The number of carbonyl (C=O) groups excluding carboxylic acids is 2. The summed E-state index contributed by atoms with van der Waals surface area (Å²) in [7, 11) is 0. The zero-order chi connectivity index (χ0) is 18.1. The fourth-order valence-corrected chi connectivity index (χ4v) is 3.12. The molecular weight excluding hydrogens is 322 g/mol. The van der Waals surface area contributed by atoms with E-state index in [0.717, 1.165) is 34.6 Å². The third-order valence-electron chi connectivity index (χ3n) is 4.65. The maximum Gasteiger partial charge on any atom is 0.341 e. The summed E-state index contributed by atoms with van der Waals surface area (Å²) < 4.78 is 5.48. The molecule has 25 heavy (non-hydrogen) atoms. The minimum Gasteiger partial charge on any atom is -0.422 e. The highest BCUT2D eigenvalue weighted by Crippen LogP contribution is 2.25. The van der Waals surface area contributed by atoms with Crippen molar-refractivity contribution in [1.82, 2.24) is 10.2 Å². The molecule has 0 saturated carbocycles. The number of fused-ring (bicyclic) bond motifs is 1. The summed E-state index contributed by atoms with van der Waals surface area (Å²) in [6.07, 6.45) is 0. The quantitative estimate of drug-likeness (QED) is 0.663. The number of nitrogens with one attached hydrogen (secondary N) is 1. The Morgan fingerprint density at radius 2 is 1.92 bits per heavy atom. The number of benzene rings is 1. The maximum absolute atomic E-state index is 12.4. The van der Waals surface area contributed by atoms with Crippen molar-refractivity contribution in [2.75, 3.05) is 24.5 Å². The molecule has 0 aliphatic carbocycles. The third kappa shape index (κ3) is 2.97. The standard InChI is InChI=1S/C18H21N3O4/c1-4-20(5-2)12-6-7-13-11(3)14(17(23)25-15(13)8-12)10-21-16(22)9-19-18(21)24/h6-8H,4-5,9-10H2,1-3H3,(H,19,24). The molecule has 1 aliphatic rings. The van der Waals surface area contributed by atoms with E-state index < -0.39 is 11.7 Å². The Morgan fingerprint density at radius 3 is 2.52 bits per heavy atom. The number of amides is 3. The number of hydrogen-bond acceptors (Lipinski definition) is 5. The largest absolute Gasteiger partial charge is 0.422 e. The summed E-state index contributed by atoms with van der Waals surface area (Å²) in [5.74, 6) is -0.347. The number of imide groups is 1. The van der Waals surface area contributed by atoms with Crippen LogP contribution in [0.2, 0.25) is 0 Å². The molecule has 1 N–H and O–H groups in total. The molecule has 2 aromatic rings. The van der Waals surface area contributed by atoms with Gasteiger partial charge in [-0.15, -0.1) is 0 Å². The monoisotopic (exact) mass is 343 g/mol. The van der Waals surface area contributed by atoms with E-state index in [1.54, 1.807) is 0 Å². The molecule has 1 aromatic carbocycles. The van der Waals surface area contributed by atoms with Gasteiger partial charge in [0.25, 0.3) is 0 Å². The van der Waals surface area contributed by atoms with Crippen LogP contribution in [0.1, 0.15) is 25.0 Å². The highest BCUT2D eigenvalue weighted by atomic mass is 16.4. The van der Waals surface area contributed by atoms with Crippen molar-refractivity contribution in [3.05, 3.63) is 39.7 Å². The van der Waals surface area contributed by atoms with Gasteiger partial charge in [-0.1, -0.05) is 0 Å². The second kappa shape index (κ2) is 6.58. The van der Waals surface area contributed by atoms with Gasteiger partial charge in [0.15, 0.2) is 0 Å². The Morgan fingerprint density at radius 1 is 1.20 bits per heavy atom. The molecule has 3 rings (SSSR count). The number of carbonyl (C=O) groups is 2. The molecule has 1 fully saturated rings. The molecule has 132 valence electrons. The minimum absolute atomic E-state index is 0.0377. The van der Waals surface area contributed by atoms with Crippen molar-refractivity contribution in [2.24, 2.45) is 0 Å². The first kappa shape index (κ1) is 17.0. The van der Waals surface area contributed by atoms with Gasteiger partial charge in [0, 0.05) is 30.2 Å². The molecule has 1 aromatic heterocycles. The van der Waals surface area contributed by atoms with Gasteiger partial charge in [-0.25, -0.2) is 9.59 Å². The molecule has 3 amide bonds. The highest BCUT2D eigenvalue weighted by Gasteiger charge is 2.30. The lowest BCUT2D eigenvalue weighted by atomic mass is 10.0. The lowest BCUT2D eigenvalue weighted by Crippen LogP contribution is -2.32. The van der Waals surface area contributed by atoms with Gasteiger partial charge >= 0.3 is 11.7 Å². The second-order valence-corrected chi connectivity index (χ2v) is 5.98. The number of anilines is 1. The Balaban J connectivity index is 2.04. The van der Waals surface area contributed by atoms with E-state index in [1.165, 1.54) is 0 Å². The molecule has 1 saturated heterocycles. The Bertz CT molecular complexity index is 883. The molecule has 0 atom stereocenters. The van der Waals surface area contributed by atoms with Gasteiger partial charge < -0.3 is 14.6 Å². The molecular formula is C18H21N3O4. The normalized spacial score (nSPS) is 14.3. The van der Waals surface area contributed by atoms with Crippen molar-refractivity contribution in [1.29, 1.82) is 0 Å². The Hall–Kier alpha value is -2.83. The van der Waals surface area contributed by atoms with E-state index in [-0.39, 0.29) is 19.0 Å². The lowest BCUT2D eigenvalue weighted by molar-refractivity contribution is -0.125. The SMILES string of the molecule is CCN(CC)c1ccc2c(C)c(CN3C(=O)CNC3=O)c(=O)oc2c1. The van der Waals surface area contributed by atoms with Gasteiger partial charge in [0.05, 0.1) is 18.7 Å². The molecule has 1 aliphatic heterocycles. The van der Waals surface area contributed by atoms with E-state index >= 15 is 0 Å². The van der Waals surface area contributed by atoms with Crippen LogP contribution in [0.5, 0.6) is 0 Å². The first-order valence-corrected chi connectivity index (χ1v) is 8.35. The van der Waals surface area contributed by atoms with Crippen LogP contribution in [0.15, 0.2) is 27.4 Å². The number of rotatable bonds is 5. The second-order valence-electron chi connectivity index (χ2n) is 5.98. The van der Waals surface area contributed by atoms with Crippen molar-refractivity contribution in [3.63, 3.8) is 0 Å². The van der Waals surface area contributed by atoms with Crippen molar-refractivity contribution < 1.29 is 14.0 Å². The Labute approximate surface area is 145 Å². The molecule has 0 spiro atoms. The summed E-state index contributed by atoms with van der Waals surface area (Å²) in [5.41, 5.74) is 2.03. The van der Waals surface area contributed by atoms with Crippen LogP contribution in [0.25, 0.3) is 11.0 Å². The van der Waals surface area contributed by atoms with E-state index in [2.05, 4.69) is 24.1 Å². The molecule has 7 heteroatoms. The summed E-state index contributed by atoms with van der Waals surface area (Å²) >= 11 is 0. The van der Waals surface area contributed by atoms with Gasteiger partial charge in [-0.2, -0.15) is 0 Å². The summed E-state index contributed by atoms with van der Waals surface area (Å²) in [6, 6.07) is 5.27. The topological polar surface area (TPSA) is 82.9 Å². The molecule has 7 nitrogen and oxygen atoms in total. The number of nitrogens with zero attached hydrogens (tertiary/aromatic N) is 2. The fourth-order valence-electron chi connectivity index (χ4n) is 3.12. The van der Waals surface area contributed by atoms with Crippen LogP contribution >= 0.6 is 0 Å².